The van der Waals surface area contributed by atoms with E-state index >= 15 is 0 Å². The number of aromatic nitrogens is 1. The van der Waals surface area contributed by atoms with Crippen molar-refractivity contribution < 1.29 is 33.3 Å². The van der Waals surface area contributed by atoms with Gasteiger partial charge < -0.3 is 19.3 Å². The molecule has 2 aliphatic rings. The van der Waals surface area contributed by atoms with Crippen LogP contribution >= 0.6 is 11.3 Å². The van der Waals surface area contributed by atoms with Gasteiger partial charge in [-0.15, -0.1) is 0 Å². The number of hydrogen-bond donors (Lipinski definition) is 1. The molecule has 1 N–H and O–H groups in total. The lowest BCUT2D eigenvalue weighted by Crippen LogP contribution is -2.29. The van der Waals surface area contributed by atoms with Gasteiger partial charge >= 0.3 is 5.91 Å². The molecule has 10 heteroatoms. The molecule has 0 saturated carbocycles. The number of anilines is 1. The summed E-state index contributed by atoms with van der Waals surface area (Å²) in [6.45, 7) is 6.66. The van der Waals surface area contributed by atoms with Gasteiger partial charge in [-0.25, -0.2) is 9.37 Å². The summed E-state index contributed by atoms with van der Waals surface area (Å²) in [5.41, 5.74) is 2.23. The molecule has 1 aromatic heterocycles. The molecule has 1 saturated heterocycles. The second-order valence-corrected chi connectivity index (χ2v) is 11.2. The molecule has 1 amide bonds. The zero-order chi connectivity index (χ0) is 29.5. The van der Waals surface area contributed by atoms with Crippen LogP contribution in [0.15, 0.2) is 60.2 Å². The number of aliphatic hydroxyl groups is 1. The first-order valence-electron chi connectivity index (χ1n) is 13.9. The second kappa shape index (κ2) is 11.1. The van der Waals surface area contributed by atoms with Crippen molar-refractivity contribution in [2.24, 2.45) is 0 Å². The summed E-state index contributed by atoms with van der Waals surface area (Å²) in [5.74, 6) is -0.732. The SMILES string of the molecule is CCCOc1ccc(C2/C(=C(/O)c3ccc4c(c3)CC(C)O4)C(=O)C(=O)N2c2nc3ccc(F)cc3s2)cc1OCC. The first kappa shape index (κ1) is 27.7. The predicted molar refractivity (Wildman–Crippen MR) is 158 cm³/mol. The molecule has 42 heavy (non-hydrogen) atoms. The lowest BCUT2D eigenvalue weighted by molar-refractivity contribution is -0.132. The zero-order valence-corrected chi connectivity index (χ0v) is 24.2. The van der Waals surface area contributed by atoms with E-state index in [1.165, 1.54) is 23.1 Å². The number of ketones is 1. The number of nitrogens with zero attached hydrogens (tertiary/aromatic N) is 2. The Morgan fingerprint density at radius 3 is 2.71 bits per heavy atom. The Labute approximate surface area is 246 Å². The summed E-state index contributed by atoms with van der Waals surface area (Å²) < 4.78 is 32.0. The number of hydrogen-bond acceptors (Lipinski definition) is 8. The smallest absolute Gasteiger partial charge is 0.301 e. The first-order chi connectivity index (χ1) is 20.3. The highest BCUT2D eigenvalue weighted by Crippen LogP contribution is 2.46. The van der Waals surface area contributed by atoms with Crippen LogP contribution in [0.4, 0.5) is 9.52 Å². The number of benzene rings is 3. The molecular weight excluding hydrogens is 559 g/mol. The van der Waals surface area contributed by atoms with Crippen molar-refractivity contribution in [1.82, 2.24) is 4.98 Å². The molecule has 0 bridgehead atoms. The Bertz CT molecular complexity index is 1750. The minimum Gasteiger partial charge on any atom is -0.507 e. The van der Waals surface area contributed by atoms with E-state index in [1.54, 1.807) is 36.4 Å². The minimum absolute atomic E-state index is 0.00252. The van der Waals surface area contributed by atoms with Gasteiger partial charge in [0.1, 0.15) is 23.4 Å². The lowest BCUT2D eigenvalue weighted by atomic mass is 9.94. The monoisotopic (exact) mass is 588 g/mol. The summed E-state index contributed by atoms with van der Waals surface area (Å²) >= 11 is 1.09. The highest BCUT2D eigenvalue weighted by Gasteiger charge is 2.48. The molecule has 8 nitrogen and oxygen atoms in total. The van der Waals surface area contributed by atoms with Gasteiger partial charge in [-0.2, -0.15) is 0 Å². The van der Waals surface area contributed by atoms with Gasteiger partial charge in [-0.1, -0.05) is 24.3 Å². The van der Waals surface area contributed by atoms with Gasteiger partial charge in [0.15, 0.2) is 16.6 Å². The van der Waals surface area contributed by atoms with Gasteiger partial charge in [0.25, 0.3) is 5.78 Å². The third kappa shape index (κ3) is 4.85. The summed E-state index contributed by atoms with van der Waals surface area (Å²) in [4.78, 5) is 33.2. The van der Waals surface area contributed by atoms with Crippen molar-refractivity contribution in [3.05, 3.63) is 82.7 Å². The van der Waals surface area contributed by atoms with Crippen LogP contribution in [-0.2, 0) is 16.0 Å². The number of carbonyl (C=O) groups is 2. The lowest BCUT2D eigenvalue weighted by Gasteiger charge is -2.24. The number of aliphatic hydroxyl groups excluding tert-OH is 1. The highest BCUT2D eigenvalue weighted by atomic mass is 32.1. The molecule has 4 aromatic rings. The number of fused-ring (bicyclic) bond motifs is 2. The minimum atomic E-state index is -1.03. The van der Waals surface area contributed by atoms with Crippen molar-refractivity contribution in [3.8, 4) is 17.2 Å². The molecule has 2 atom stereocenters. The normalized spacial score (nSPS) is 19.3. The van der Waals surface area contributed by atoms with E-state index in [-0.39, 0.29) is 22.6 Å². The fourth-order valence-corrected chi connectivity index (χ4v) is 6.37. The van der Waals surface area contributed by atoms with Gasteiger partial charge in [0.2, 0.25) is 0 Å². The maximum Gasteiger partial charge on any atom is 0.301 e. The summed E-state index contributed by atoms with van der Waals surface area (Å²) in [6, 6.07) is 13.5. The van der Waals surface area contributed by atoms with Crippen LogP contribution in [0.2, 0.25) is 0 Å². The number of Topliss-reactive ketones (excluding diaryl/α,β-unsaturated/α-hetero) is 1. The number of carbonyl (C=O) groups excluding carboxylic acids is 2. The highest BCUT2D eigenvalue weighted by molar-refractivity contribution is 7.22. The topological polar surface area (TPSA) is 98.2 Å². The summed E-state index contributed by atoms with van der Waals surface area (Å²) in [6.07, 6.45) is 1.46. The van der Waals surface area contributed by atoms with Crippen LogP contribution in [0.1, 0.15) is 49.9 Å². The second-order valence-electron chi connectivity index (χ2n) is 10.2. The standard InChI is InChI=1S/C32H29FN2O6S/c1-4-12-40-24-11-6-18(15-25(24)39-5-2)28-27(29(36)19-7-10-23-20(14-19)13-17(3)41-23)30(37)31(38)35(28)32-34-22-9-8-21(33)16-26(22)42-32/h6-11,14-17,28,36H,4-5,12-13H2,1-3H3/b29-27-. The number of thiazole rings is 1. The van der Waals surface area contributed by atoms with Gasteiger partial charge in [-0.3, -0.25) is 14.5 Å². The number of rotatable bonds is 8. The molecule has 0 radical (unpaired) electrons. The molecule has 0 aliphatic carbocycles. The Morgan fingerprint density at radius 1 is 1.10 bits per heavy atom. The Kier molecular flexibility index (Phi) is 7.32. The van der Waals surface area contributed by atoms with Crippen LogP contribution in [0.3, 0.4) is 0 Å². The molecule has 2 aliphatic heterocycles. The first-order valence-corrected chi connectivity index (χ1v) is 14.7. The fraction of sp³-hybridized carbons (Fsp3) is 0.281. The molecule has 216 valence electrons. The predicted octanol–water partition coefficient (Wildman–Crippen LogP) is 6.57. The van der Waals surface area contributed by atoms with E-state index in [2.05, 4.69) is 4.98 Å². The van der Waals surface area contributed by atoms with Gasteiger partial charge in [0.05, 0.1) is 35.0 Å². The van der Waals surface area contributed by atoms with Crippen molar-refractivity contribution in [3.63, 3.8) is 0 Å². The maximum atomic E-state index is 14.0. The Hall–Kier alpha value is -4.44. The van der Waals surface area contributed by atoms with Crippen LogP contribution in [0, 0.1) is 5.82 Å². The van der Waals surface area contributed by atoms with E-state index in [0.717, 1.165) is 29.1 Å². The van der Waals surface area contributed by atoms with Crippen LogP contribution < -0.4 is 19.1 Å². The average molecular weight is 589 g/mol. The van der Waals surface area contributed by atoms with Crippen LogP contribution in [0.5, 0.6) is 17.2 Å². The van der Waals surface area contributed by atoms with Gasteiger partial charge in [-0.05, 0) is 79.9 Å². The number of halogens is 1. The van der Waals surface area contributed by atoms with E-state index < -0.39 is 23.5 Å². The van der Waals surface area contributed by atoms with Crippen LogP contribution in [0.25, 0.3) is 16.0 Å². The maximum absolute atomic E-state index is 14.0. The molecule has 6 rings (SSSR count). The van der Waals surface area contributed by atoms with Crippen molar-refractivity contribution >= 4 is 44.1 Å². The molecule has 1 fully saturated rings. The van der Waals surface area contributed by atoms with Crippen molar-refractivity contribution in [2.45, 2.75) is 45.8 Å². The third-order valence-corrected chi connectivity index (χ3v) is 8.22. The van der Waals surface area contributed by atoms with E-state index in [9.17, 15) is 19.1 Å². The summed E-state index contributed by atoms with van der Waals surface area (Å²) in [7, 11) is 0. The van der Waals surface area contributed by atoms with Crippen LogP contribution in [-0.4, -0.2) is 41.1 Å². The van der Waals surface area contributed by atoms with Crippen molar-refractivity contribution in [2.75, 3.05) is 18.1 Å². The van der Waals surface area contributed by atoms with Gasteiger partial charge in [0, 0.05) is 12.0 Å². The quantitative estimate of drug-likeness (QED) is 0.141. The summed E-state index contributed by atoms with van der Waals surface area (Å²) in [5, 5.41) is 11.8. The molecule has 2 unspecified atom stereocenters. The zero-order valence-electron chi connectivity index (χ0n) is 23.3. The third-order valence-electron chi connectivity index (χ3n) is 7.20. The Morgan fingerprint density at radius 2 is 1.93 bits per heavy atom. The average Bonchev–Trinajstić information content (AvgIpc) is 3.63. The van der Waals surface area contributed by atoms with E-state index in [4.69, 9.17) is 14.2 Å². The Balaban J connectivity index is 1.53. The van der Waals surface area contributed by atoms with E-state index in [0.29, 0.717) is 52.5 Å². The number of ether oxygens (including phenoxy) is 3. The molecule has 3 heterocycles. The largest absolute Gasteiger partial charge is 0.507 e. The fourth-order valence-electron chi connectivity index (χ4n) is 5.35. The molecular formula is C32H29FN2O6S. The van der Waals surface area contributed by atoms with E-state index in [1.807, 2.05) is 20.8 Å². The molecule has 0 spiro atoms. The number of amides is 1. The van der Waals surface area contributed by atoms with Crippen molar-refractivity contribution in [1.29, 1.82) is 0 Å². The molecule has 3 aromatic carbocycles.